The van der Waals surface area contributed by atoms with E-state index in [0.717, 1.165) is 16.8 Å². The largest absolute Gasteiger partial charge is 0.342 e. The maximum atomic E-state index is 14.4. The van der Waals surface area contributed by atoms with E-state index in [1.165, 1.54) is 11.1 Å². The van der Waals surface area contributed by atoms with Crippen LogP contribution in [0.15, 0.2) is 48.7 Å². The number of alkyl halides is 1. The van der Waals surface area contributed by atoms with Gasteiger partial charge in [0.1, 0.15) is 12.2 Å². The molecule has 0 spiro atoms. The molecule has 0 saturated carbocycles. The molecule has 2 amide bonds. The molecule has 4 rings (SSSR count). The maximum Gasteiger partial charge on any atom is 0.243 e. The van der Waals surface area contributed by atoms with E-state index in [1.54, 1.807) is 0 Å². The number of carbonyl (C=O) groups is 2. The van der Waals surface area contributed by atoms with Crippen LogP contribution in [0.4, 0.5) is 4.39 Å². The van der Waals surface area contributed by atoms with Gasteiger partial charge in [-0.15, -0.1) is 0 Å². The minimum atomic E-state index is -1.27. The van der Waals surface area contributed by atoms with Crippen LogP contribution in [0, 0.1) is 6.92 Å². The smallest absolute Gasteiger partial charge is 0.243 e. The Kier molecular flexibility index (Phi) is 7.00. The van der Waals surface area contributed by atoms with Crippen molar-refractivity contribution in [2.24, 2.45) is 0 Å². The van der Waals surface area contributed by atoms with Crippen LogP contribution >= 0.6 is 0 Å². The van der Waals surface area contributed by atoms with Crippen LogP contribution < -0.4 is 5.32 Å². The van der Waals surface area contributed by atoms with Gasteiger partial charge >= 0.3 is 0 Å². The summed E-state index contributed by atoms with van der Waals surface area (Å²) in [6.07, 6.45) is 0.0808. The van der Waals surface area contributed by atoms with Gasteiger partial charge in [-0.05, 0) is 30.0 Å². The van der Waals surface area contributed by atoms with Crippen molar-refractivity contribution in [3.8, 4) is 0 Å². The molecular weight excluding hydrogens is 435 g/mol. The summed E-state index contributed by atoms with van der Waals surface area (Å²) in [4.78, 5) is 32.3. The minimum absolute atomic E-state index is 0.0450. The number of nitrogens with zero attached hydrogens (tertiary/aromatic N) is 4. The highest BCUT2D eigenvalue weighted by Gasteiger charge is 2.40. The second-order valence-electron chi connectivity index (χ2n) is 8.95. The Morgan fingerprint density at radius 3 is 2.62 bits per heavy atom. The number of rotatable bonds is 7. The summed E-state index contributed by atoms with van der Waals surface area (Å²) < 4.78 is 14.4. The molecule has 34 heavy (non-hydrogen) atoms. The number of H-pyrrole nitrogens is 1. The Morgan fingerprint density at radius 1 is 1.21 bits per heavy atom. The van der Waals surface area contributed by atoms with Crippen LogP contribution in [0.25, 0.3) is 0 Å². The van der Waals surface area contributed by atoms with Crippen molar-refractivity contribution in [3.63, 3.8) is 0 Å². The lowest BCUT2D eigenvalue weighted by atomic mass is 9.98. The van der Waals surface area contributed by atoms with E-state index in [1.807, 2.05) is 49.4 Å². The third kappa shape index (κ3) is 5.13. The van der Waals surface area contributed by atoms with Gasteiger partial charge in [-0.25, -0.2) is 4.39 Å². The van der Waals surface area contributed by atoms with Crippen molar-refractivity contribution < 1.29 is 14.0 Å². The normalized spacial score (nSPS) is 18.8. The summed E-state index contributed by atoms with van der Waals surface area (Å²) in [5.41, 5.74) is 4.03. The second kappa shape index (κ2) is 10.1. The Morgan fingerprint density at radius 2 is 1.97 bits per heavy atom. The molecule has 1 aliphatic heterocycles. The molecule has 0 bridgehead atoms. The fraction of sp³-hybridized carbons (Fsp3) is 0.400. The quantitative estimate of drug-likeness (QED) is 0.559. The molecule has 2 aromatic heterocycles. The van der Waals surface area contributed by atoms with Gasteiger partial charge in [0.2, 0.25) is 11.8 Å². The van der Waals surface area contributed by atoms with Gasteiger partial charge in [0.15, 0.2) is 0 Å². The van der Waals surface area contributed by atoms with E-state index in [2.05, 4.69) is 34.6 Å². The Bertz CT molecular complexity index is 1140. The first kappa shape index (κ1) is 23.5. The number of hydrogen-bond donors (Lipinski definition) is 2. The van der Waals surface area contributed by atoms with Crippen LogP contribution in [0.1, 0.15) is 60.4 Å². The van der Waals surface area contributed by atoms with Gasteiger partial charge in [-0.2, -0.15) is 15.4 Å². The first-order valence-electron chi connectivity index (χ1n) is 11.4. The predicted octanol–water partition coefficient (Wildman–Crippen LogP) is 3.02. The number of aryl methyl sites for hydroxylation is 1. The molecule has 1 fully saturated rings. The van der Waals surface area contributed by atoms with Gasteiger partial charge < -0.3 is 10.2 Å². The molecule has 9 heteroatoms. The van der Waals surface area contributed by atoms with Crippen molar-refractivity contribution in [1.82, 2.24) is 30.6 Å². The number of nitrogens with one attached hydrogen (secondary N) is 2. The third-order valence-electron chi connectivity index (χ3n) is 6.16. The molecular formula is C25H29FN6O2. The van der Waals surface area contributed by atoms with Crippen LogP contribution in [0.2, 0.25) is 0 Å². The number of aromatic nitrogens is 4. The van der Waals surface area contributed by atoms with E-state index >= 15 is 0 Å². The first-order valence-corrected chi connectivity index (χ1v) is 11.4. The molecule has 0 aliphatic carbocycles. The molecule has 1 aliphatic rings. The van der Waals surface area contributed by atoms with Gasteiger partial charge in [-0.1, -0.05) is 50.2 Å². The number of benzene rings is 1. The monoisotopic (exact) mass is 464 g/mol. The molecule has 1 aromatic carbocycles. The second-order valence-corrected chi connectivity index (χ2v) is 8.95. The van der Waals surface area contributed by atoms with Gasteiger partial charge in [0, 0.05) is 12.1 Å². The fourth-order valence-corrected chi connectivity index (χ4v) is 4.45. The van der Waals surface area contributed by atoms with Crippen molar-refractivity contribution in [1.29, 1.82) is 0 Å². The van der Waals surface area contributed by atoms with E-state index in [-0.39, 0.29) is 25.3 Å². The molecule has 3 heterocycles. The molecule has 2 N–H and O–H groups in total. The van der Waals surface area contributed by atoms with E-state index < -0.39 is 24.2 Å². The molecule has 0 radical (unpaired) electrons. The highest BCUT2D eigenvalue weighted by Crippen LogP contribution is 2.27. The summed E-state index contributed by atoms with van der Waals surface area (Å²) in [7, 11) is 0. The third-order valence-corrected chi connectivity index (χ3v) is 6.16. The molecule has 1 saturated heterocycles. The summed E-state index contributed by atoms with van der Waals surface area (Å²) >= 11 is 0. The molecule has 3 aromatic rings. The first-order chi connectivity index (χ1) is 16.3. The summed E-state index contributed by atoms with van der Waals surface area (Å²) in [6.45, 7) is 6.05. The zero-order valence-electron chi connectivity index (χ0n) is 19.5. The fourth-order valence-electron chi connectivity index (χ4n) is 4.45. The SMILES string of the molecule is Cc1nc(C(NC(=O)C2CC(F)CN2C(=O)Cc2cn[nH]n2)c2ccccc2)ccc1C(C)C. The van der Waals surface area contributed by atoms with Gasteiger partial charge in [0.05, 0.1) is 36.6 Å². The Hall–Kier alpha value is -3.62. The summed E-state index contributed by atoms with van der Waals surface area (Å²) in [5, 5.41) is 13.1. The van der Waals surface area contributed by atoms with Gasteiger partial charge in [0.25, 0.3) is 0 Å². The zero-order chi connectivity index (χ0) is 24.2. The zero-order valence-corrected chi connectivity index (χ0v) is 19.5. The lowest BCUT2D eigenvalue weighted by Crippen LogP contribution is -2.47. The number of pyridine rings is 1. The van der Waals surface area contributed by atoms with E-state index in [4.69, 9.17) is 4.98 Å². The number of amides is 2. The van der Waals surface area contributed by atoms with Crippen LogP contribution in [0.5, 0.6) is 0 Å². The highest BCUT2D eigenvalue weighted by molar-refractivity contribution is 5.89. The van der Waals surface area contributed by atoms with Crippen molar-refractivity contribution in [2.45, 2.75) is 57.8 Å². The van der Waals surface area contributed by atoms with Gasteiger partial charge in [-0.3, -0.25) is 14.6 Å². The highest BCUT2D eigenvalue weighted by atomic mass is 19.1. The lowest BCUT2D eigenvalue weighted by Gasteiger charge is -2.27. The number of halogens is 1. The minimum Gasteiger partial charge on any atom is -0.342 e. The number of hydrogen-bond acceptors (Lipinski definition) is 5. The maximum absolute atomic E-state index is 14.4. The lowest BCUT2D eigenvalue weighted by molar-refractivity contribution is -0.138. The standard InChI is InChI=1S/C25H29FN6O2/c1-15(2)20-9-10-21(28-16(20)3)24(17-7-5-4-6-8-17)29-25(34)22-11-18(26)14-32(22)23(33)12-19-13-27-31-30-19/h4-10,13,15,18,22,24H,11-12,14H2,1-3H3,(H,29,34)(H,27,30,31). The number of aromatic amines is 1. The predicted molar refractivity (Wildman–Crippen MR) is 125 cm³/mol. The molecule has 8 nitrogen and oxygen atoms in total. The average molecular weight is 465 g/mol. The topological polar surface area (TPSA) is 104 Å². The van der Waals surface area contributed by atoms with Crippen LogP contribution in [-0.4, -0.2) is 55.9 Å². The Labute approximate surface area is 198 Å². The summed E-state index contributed by atoms with van der Waals surface area (Å²) in [6, 6.07) is 12.0. The van der Waals surface area contributed by atoms with Crippen molar-refractivity contribution >= 4 is 11.8 Å². The molecule has 3 atom stereocenters. The van der Waals surface area contributed by atoms with Crippen molar-refractivity contribution in [2.75, 3.05) is 6.54 Å². The Balaban J connectivity index is 1.59. The molecule has 3 unspecified atom stereocenters. The van der Waals surface area contributed by atoms with Crippen LogP contribution in [-0.2, 0) is 16.0 Å². The average Bonchev–Trinajstić information content (AvgIpc) is 3.47. The summed E-state index contributed by atoms with van der Waals surface area (Å²) in [5.74, 6) is -0.439. The number of likely N-dealkylation sites (tertiary alicyclic amines) is 1. The van der Waals surface area contributed by atoms with Crippen molar-refractivity contribution in [3.05, 3.63) is 76.9 Å². The molecule has 178 valence electrons. The van der Waals surface area contributed by atoms with E-state index in [0.29, 0.717) is 17.3 Å². The van der Waals surface area contributed by atoms with E-state index in [9.17, 15) is 14.0 Å². The van der Waals surface area contributed by atoms with Crippen LogP contribution in [0.3, 0.4) is 0 Å². The number of carbonyl (C=O) groups excluding carboxylic acids is 2.